The number of benzene rings is 1. The Hall–Kier alpha value is -2.03. The first-order valence-electron chi connectivity index (χ1n) is 5.29. The summed E-state index contributed by atoms with van der Waals surface area (Å²) in [6.45, 7) is -0.282. The van der Waals surface area contributed by atoms with Crippen molar-refractivity contribution in [1.29, 1.82) is 0 Å². The normalized spacial score (nSPS) is 17.6. The van der Waals surface area contributed by atoms with E-state index in [0.717, 1.165) is 18.3 Å². The topological polar surface area (TPSA) is 81.8 Å². The average Bonchev–Trinajstić information content (AvgIpc) is 2.62. The molecule has 20 heavy (non-hydrogen) atoms. The molecule has 2 N–H and O–H groups in total. The molecule has 0 amide bonds. The number of ether oxygens (including phenoxy) is 1. The van der Waals surface area contributed by atoms with Gasteiger partial charge in [-0.15, -0.1) is 0 Å². The number of hydrogen-bond acceptors (Lipinski definition) is 4. The highest BCUT2D eigenvalue weighted by Gasteiger charge is 2.30. The molecule has 0 saturated carbocycles. The van der Waals surface area contributed by atoms with E-state index in [-0.39, 0.29) is 17.9 Å². The van der Waals surface area contributed by atoms with E-state index in [1.807, 2.05) is 0 Å². The minimum absolute atomic E-state index is 0.0437. The highest BCUT2D eigenvalue weighted by molar-refractivity contribution is 7.94. The molecule has 0 spiro atoms. The third-order valence-corrected chi connectivity index (χ3v) is 3.70. The van der Waals surface area contributed by atoms with Gasteiger partial charge in [-0.1, -0.05) is 6.07 Å². The summed E-state index contributed by atoms with van der Waals surface area (Å²) >= 11 is 0. The Morgan fingerprint density at radius 3 is 2.55 bits per heavy atom. The Balaban J connectivity index is 2.14. The predicted molar refractivity (Wildman–Crippen MR) is 65.6 cm³/mol. The van der Waals surface area contributed by atoms with Crippen molar-refractivity contribution in [1.82, 2.24) is 0 Å². The summed E-state index contributed by atoms with van der Waals surface area (Å²) < 4.78 is 68.1. The fourth-order valence-corrected chi connectivity index (χ4v) is 2.27. The van der Waals surface area contributed by atoms with Crippen molar-refractivity contribution < 1.29 is 26.3 Å². The van der Waals surface area contributed by atoms with Crippen LogP contribution in [0, 0.1) is 0 Å². The lowest BCUT2D eigenvalue weighted by atomic mass is 10.2. The maximum atomic E-state index is 12.5. The predicted octanol–water partition coefficient (Wildman–Crippen LogP) is 1.67. The molecule has 0 saturated heterocycles. The van der Waals surface area contributed by atoms with Crippen molar-refractivity contribution in [3.8, 4) is 5.75 Å². The standard InChI is InChI=1S/C11H9F3N2O3S/c12-11(13,14)8-2-1-3-9(4-8)19-6-7-5-16-20(17,18)10(7)15/h1-5H,6,15H2. The molecule has 0 atom stereocenters. The minimum Gasteiger partial charge on any atom is -0.489 e. The van der Waals surface area contributed by atoms with E-state index in [2.05, 4.69) is 4.40 Å². The summed E-state index contributed by atoms with van der Waals surface area (Å²) in [5, 5.41) is -0.454. The molecular weight excluding hydrogens is 297 g/mol. The molecule has 108 valence electrons. The molecule has 1 aliphatic rings. The Labute approximate surface area is 112 Å². The van der Waals surface area contributed by atoms with Crippen molar-refractivity contribution in [2.24, 2.45) is 10.1 Å². The van der Waals surface area contributed by atoms with Gasteiger partial charge in [-0.3, -0.25) is 0 Å². The second kappa shape index (κ2) is 4.82. The molecule has 1 aliphatic heterocycles. The van der Waals surface area contributed by atoms with Crippen LogP contribution in [0.5, 0.6) is 5.75 Å². The van der Waals surface area contributed by atoms with Gasteiger partial charge in [0.2, 0.25) is 0 Å². The zero-order valence-electron chi connectivity index (χ0n) is 9.89. The van der Waals surface area contributed by atoms with Crippen molar-refractivity contribution in [3.63, 3.8) is 0 Å². The Kier molecular flexibility index (Phi) is 3.46. The monoisotopic (exact) mass is 306 g/mol. The second-order valence-corrected chi connectivity index (χ2v) is 5.51. The first-order valence-corrected chi connectivity index (χ1v) is 6.73. The van der Waals surface area contributed by atoms with Gasteiger partial charge in [0.25, 0.3) is 10.0 Å². The van der Waals surface area contributed by atoms with Crippen molar-refractivity contribution in [2.45, 2.75) is 6.18 Å². The molecule has 0 fully saturated rings. The van der Waals surface area contributed by atoms with Gasteiger partial charge in [0.15, 0.2) is 5.03 Å². The summed E-state index contributed by atoms with van der Waals surface area (Å²) in [4.78, 5) is 0. The van der Waals surface area contributed by atoms with Crippen LogP contribution in [-0.4, -0.2) is 21.2 Å². The molecule has 9 heteroatoms. The summed E-state index contributed by atoms with van der Waals surface area (Å²) in [5.74, 6) is -0.0437. The smallest absolute Gasteiger partial charge is 0.416 e. The highest BCUT2D eigenvalue weighted by Crippen LogP contribution is 2.31. The Morgan fingerprint density at radius 2 is 2.00 bits per heavy atom. The summed E-state index contributed by atoms with van der Waals surface area (Å²) in [5.41, 5.74) is 4.57. The van der Waals surface area contributed by atoms with E-state index in [1.165, 1.54) is 12.1 Å². The van der Waals surface area contributed by atoms with E-state index in [9.17, 15) is 21.6 Å². The van der Waals surface area contributed by atoms with Gasteiger partial charge in [-0.05, 0) is 18.2 Å². The van der Waals surface area contributed by atoms with Gasteiger partial charge in [0.1, 0.15) is 12.4 Å². The summed E-state index contributed by atoms with van der Waals surface area (Å²) in [7, 11) is -3.84. The van der Waals surface area contributed by atoms with Crippen molar-refractivity contribution in [2.75, 3.05) is 6.61 Å². The first-order chi connectivity index (χ1) is 9.20. The molecule has 5 nitrogen and oxygen atoms in total. The van der Waals surface area contributed by atoms with Crippen LogP contribution in [0.15, 0.2) is 39.3 Å². The number of nitrogens with zero attached hydrogens (tertiary/aromatic N) is 1. The second-order valence-electron chi connectivity index (χ2n) is 3.91. The van der Waals surface area contributed by atoms with Crippen LogP contribution in [0.4, 0.5) is 13.2 Å². The van der Waals surface area contributed by atoms with Crippen LogP contribution < -0.4 is 10.5 Å². The zero-order valence-corrected chi connectivity index (χ0v) is 10.7. The largest absolute Gasteiger partial charge is 0.489 e. The maximum absolute atomic E-state index is 12.5. The average molecular weight is 306 g/mol. The first kappa shape index (κ1) is 14.4. The van der Waals surface area contributed by atoms with Crippen LogP contribution >= 0.6 is 0 Å². The third kappa shape index (κ3) is 2.93. The number of nitrogens with two attached hydrogens (primary N) is 1. The van der Waals surface area contributed by atoms with Crippen LogP contribution in [-0.2, 0) is 16.2 Å². The van der Waals surface area contributed by atoms with E-state index < -0.39 is 26.8 Å². The molecule has 1 heterocycles. The van der Waals surface area contributed by atoms with Gasteiger partial charge in [0.05, 0.1) is 11.8 Å². The zero-order chi connectivity index (χ0) is 15.0. The van der Waals surface area contributed by atoms with E-state index >= 15 is 0 Å². The number of rotatable bonds is 3. The summed E-state index contributed by atoms with van der Waals surface area (Å²) in [6, 6.07) is 4.24. The molecule has 0 aromatic heterocycles. The van der Waals surface area contributed by atoms with Crippen molar-refractivity contribution >= 4 is 16.2 Å². The molecule has 0 bridgehead atoms. The van der Waals surface area contributed by atoms with Crippen molar-refractivity contribution in [3.05, 3.63) is 40.4 Å². The van der Waals surface area contributed by atoms with Gasteiger partial charge in [-0.25, -0.2) is 0 Å². The quantitative estimate of drug-likeness (QED) is 0.921. The molecule has 1 aromatic carbocycles. The molecule has 2 rings (SSSR count). The van der Waals surface area contributed by atoms with E-state index in [0.29, 0.717) is 0 Å². The van der Waals surface area contributed by atoms with Crippen LogP contribution in [0.1, 0.15) is 5.56 Å². The lowest BCUT2D eigenvalue weighted by Crippen LogP contribution is -2.12. The van der Waals surface area contributed by atoms with E-state index in [4.69, 9.17) is 10.5 Å². The Morgan fingerprint density at radius 1 is 1.30 bits per heavy atom. The lowest BCUT2D eigenvalue weighted by Gasteiger charge is -2.10. The number of halogens is 3. The number of sulfonamides is 1. The van der Waals surface area contributed by atoms with Crippen LogP contribution in [0.3, 0.4) is 0 Å². The fraction of sp³-hybridized carbons (Fsp3) is 0.182. The third-order valence-electron chi connectivity index (χ3n) is 2.50. The lowest BCUT2D eigenvalue weighted by molar-refractivity contribution is -0.137. The van der Waals surface area contributed by atoms with Gasteiger partial charge >= 0.3 is 6.18 Å². The molecule has 0 aliphatic carbocycles. The number of alkyl halides is 3. The minimum atomic E-state index is -4.48. The molecule has 0 unspecified atom stereocenters. The maximum Gasteiger partial charge on any atom is 0.416 e. The van der Waals surface area contributed by atoms with Gasteiger partial charge in [-0.2, -0.15) is 26.0 Å². The molecule has 0 radical (unpaired) electrons. The Bertz CT molecular complexity index is 693. The highest BCUT2D eigenvalue weighted by atomic mass is 32.2. The SMILES string of the molecule is NC1=C(COc2cccc(C(F)(F)F)c2)C=NS1(=O)=O. The van der Waals surface area contributed by atoms with Gasteiger partial charge < -0.3 is 10.5 Å². The number of hydrogen-bond donors (Lipinski definition) is 1. The fourth-order valence-electron chi connectivity index (χ4n) is 1.45. The molecular formula is C11H9F3N2O3S. The van der Waals surface area contributed by atoms with E-state index in [1.54, 1.807) is 0 Å². The van der Waals surface area contributed by atoms with Crippen LogP contribution in [0.25, 0.3) is 0 Å². The molecule has 1 aromatic rings. The summed E-state index contributed by atoms with van der Waals surface area (Å²) in [6.07, 6.45) is -3.46. The van der Waals surface area contributed by atoms with Crippen LogP contribution in [0.2, 0.25) is 0 Å². The van der Waals surface area contributed by atoms with Gasteiger partial charge in [0, 0.05) is 5.57 Å².